The molecule has 0 saturated carbocycles. The number of aromatic nitrogens is 4. The highest BCUT2D eigenvalue weighted by atomic mass is 19.4. The van der Waals surface area contributed by atoms with Crippen LogP contribution in [0.5, 0.6) is 0 Å². The molecule has 0 aliphatic carbocycles. The van der Waals surface area contributed by atoms with Crippen LogP contribution in [0.1, 0.15) is 21.6 Å². The maximum Gasteiger partial charge on any atom is 0.418 e. The number of esters is 1. The van der Waals surface area contributed by atoms with Gasteiger partial charge in [-0.15, -0.1) is 0 Å². The lowest BCUT2D eigenvalue weighted by Gasteiger charge is -2.14. The molecule has 4 aromatic rings. The standard InChI is InChI=1S/C23H14F6N6O3/c24-22(25,26)11-1-6-18(32-9-11)33-14-7-8-31-20-12(14)2-4-15(35-20)19-13(23(27,28)29)3-5-16(34-19)21(37)38-10-17(30)36/h1-9H,10H2,(H2,30,36)(H,31,32,33,35). The van der Waals surface area contributed by atoms with Crippen molar-refractivity contribution in [3.05, 3.63) is 71.7 Å². The third-order valence-corrected chi connectivity index (χ3v) is 4.95. The molecule has 196 valence electrons. The quantitative estimate of drug-likeness (QED) is 0.272. The Morgan fingerprint density at radius 2 is 1.66 bits per heavy atom. The van der Waals surface area contributed by atoms with Gasteiger partial charge >= 0.3 is 18.3 Å². The summed E-state index contributed by atoms with van der Waals surface area (Å²) in [6.45, 7) is -0.793. The number of nitrogens with zero attached hydrogens (tertiary/aromatic N) is 4. The van der Waals surface area contributed by atoms with E-state index in [0.29, 0.717) is 23.3 Å². The number of carbonyl (C=O) groups excluding carboxylic acids is 2. The van der Waals surface area contributed by atoms with Gasteiger partial charge in [0.2, 0.25) is 0 Å². The summed E-state index contributed by atoms with van der Waals surface area (Å²) >= 11 is 0. The molecule has 0 aromatic carbocycles. The van der Waals surface area contributed by atoms with Crippen molar-refractivity contribution in [3.63, 3.8) is 0 Å². The van der Waals surface area contributed by atoms with E-state index in [4.69, 9.17) is 5.73 Å². The van der Waals surface area contributed by atoms with Crippen LogP contribution in [0.4, 0.5) is 37.8 Å². The first-order chi connectivity index (χ1) is 17.8. The van der Waals surface area contributed by atoms with Gasteiger partial charge in [-0.05, 0) is 42.5 Å². The second-order valence-electron chi connectivity index (χ2n) is 7.61. The highest BCUT2D eigenvalue weighted by molar-refractivity contribution is 5.92. The van der Waals surface area contributed by atoms with Crippen LogP contribution in [0.25, 0.3) is 22.4 Å². The Morgan fingerprint density at radius 1 is 0.895 bits per heavy atom. The van der Waals surface area contributed by atoms with Crippen molar-refractivity contribution in [1.29, 1.82) is 0 Å². The molecule has 9 nitrogen and oxygen atoms in total. The minimum absolute atomic E-state index is 0.0314. The van der Waals surface area contributed by atoms with Crippen molar-refractivity contribution in [3.8, 4) is 11.4 Å². The van der Waals surface area contributed by atoms with E-state index in [1.54, 1.807) is 0 Å². The number of rotatable bonds is 6. The van der Waals surface area contributed by atoms with Gasteiger partial charge in [0.15, 0.2) is 12.3 Å². The molecule has 4 heterocycles. The molecule has 3 N–H and O–H groups in total. The lowest BCUT2D eigenvalue weighted by atomic mass is 10.1. The molecule has 0 saturated heterocycles. The van der Waals surface area contributed by atoms with Crippen molar-refractivity contribution in [1.82, 2.24) is 19.9 Å². The molecule has 0 spiro atoms. The Hall–Kier alpha value is -4.82. The van der Waals surface area contributed by atoms with E-state index < -0.39 is 53.4 Å². The van der Waals surface area contributed by atoms with Crippen LogP contribution < -0.4 is 11.1 Å². The Labute approximate surface area is 208 Å². The molecular formula is C23H14F6N6O3. The molecule has 4 aromatic heterocycles. The number of hydrogen-bond acceptors (Lipinski definition) is 8. The summed E-state index contributed by atoms with van der Waals surface area (Å²) in [5, 5.41) is 3.12. The molecule has 0 aliphatic rings. The normalized spacial score (nSPS) is 11.8. The number of anilines is 2. The van der Waals surface area contributed by atoms with Gasteiger partial charge in [0.25, 0.3) is 5.91 Å². The summed E-state index contributed by atoms with van der Waals surface area (Å²) in [6, 6.07) is 7.39. The lowest BCUT2D eigenvalue weighted by Crippen LogP contribution is -2.21. The zero-order valence-corrected chi connectivity index (χ0v) is 18.8. The van der Waals surface area contributed by atoms with Gasteiger partial charge in [-0.2, -0.15) is 26.3 Å². The molecule has 38 heavy (non-hydrogen) atoms. The smallest absolute Gasteiger partial charge is 0.418 e. The monoisotopic (exact) mass is 536 g/mol. The van der Waals surface area contributed by atoms with Crippen LogP contribution in [0.3, 0.4) is 0 Å². The van der Waals surface area contributed by atoms with Gasteiger partial charge in [-0.3, -0.25) is 4.79 Å². The van der Waals surface area contributed by atoms with Crippen LogP contribution in [0.15, 0.2) is 54.9 Å². The number of pyridine rings is 4. The van der Waals surface area contributed by atoms with Gasteiger partial charge in [-0.1, -0.05) is 0 Å². The second-order valence-corrected chi connectivity index (χ2v) is 7.61. The Morgan fingerprint density at radius 3 is 2.29 bits per heavy atom. The molecule has 0 fully saturated rings. The molecule has 0 bridgehead atoms. The number of hydrogen-bond donors (Lipinski definition) is 2. The Balaban J connectivity index is 1.71. The molecule has 0 atom stereocenters. The van der Waals surface area contributed by atoms with Crippen LogP contribution in [-0.2, 0) is 21.9 Å². The predicted octanol–water partition coefficient (Wildman–Crippen LogP) is 4.51. The first-order valence-electron chi connectivity index (χ1n) is 10.4. The van der Waals surface area contributed by atoms with Gasteiger partial charge < -0.3 is 15.8 Å². The molecule has 0 aliphatic heterocycles. The topological polar surface area (TPSA) is 133 Å². The maximum absolute atomic E-state index is 13.7. The van der Waals surface area contributed by atoms with Crippen molar-refractivity contribution in [2.45, 2.75) is 12.4 Å². The first-order valence-corrected chi connectivity index (χ1v) is 10.4. The number of fused-ring (bicyclic) bond motifs is 1. The molecule has 1 amide bonds. The van der Waals surface area contributed by atoms with E-state index in [9.17, 15) is 35.9 Å². The maximum atomic E-state index is 13.7. The lowest BCUT2D eigenvalue weighted by molar-refractivity contribution is -0.138. The summed E-state index contributed by atoms with van der Waals surface area (Å²) in [4.78, 5) is 38.6. The van der Waals surface area contributed by atoms with Gasteiger partial charge in [0, 0.05) is 17.8 Å². The predicted molar refractivity (Wildman–Crippen MR) is 120 cm³/mol. The summed E-state index contributed by atoms with van der Waals surface area (Å²) in [7, 11) is 0. The number of amides is 1. The fraction of sp³-hybridized carbons (Fsp3) is 0.130. The van der Waals surface area contributed by atoms with E-state index in [2.05, 4.69) is 30.0 Å². The van der Waals surface area contributed by atoms with Gasteiger partial charge in [0.1, 0.15) is 17.2 Å². The zero-order valence-electron chi connectivity index (χ0n) is 18.8. The highest BCUT2D eigenvalue weighted by Crippen LogP contribution is 2.37. The summed E-state index contributed by atoms with van der Waals surface area (Å²) in [5.74, 6) is -2.07. The van der Waals surface area contributed by atoms with Crippen molar-refractivity contribution in [2.75, 3.05) is 11.9 Å². The number of nitrogens with two attached hydrogens (primary N) is 1. The van der Waals surface area contributed by atoms with Crippen LogP contribution in [0.2, 0.25) is 0 Å². The SMILES string of the molecule is NC(=O)COC(=O)c1ccc(C(F)(F)F)c(-c2ccc3c(Nc4ccc(C(F)(F)F)cn4)ccnc3n2)n1. The molecule has 15 heteroatoms. The second kappa shape index (κ2) is 9.91. The average molecular weight is 536 g/mol. The fourth-order valence-electron chi connectivity index (χ4n) is 3.25. The molecule has 0 radical (unpaired) electrons. The fourth-order valence-corrected chi connectivity index (χ4v) is 3.25. The number of carbonyl (C=O) groups is 2. The minimum atomic E-state index is -4.86. The van der Waals surface area contributed by atoms with Crippen molar-refractivity contribution < 1.29 is 40.7 Å². The molecule has 4 rings (SSSR count). The molecular weight excluding hydrogens is 522 g/mol. The number of primary amides is 1. The van der Waals surface area contributed by atoms with Crippen molar-refractivity contribution >= 4 is 34.4 Å². The minimum Gasteiger partial charge on any atom is -0.451 e. The van der Waals surface area contributed by atoms with E-state index in [-0.39, 0.29) is 17.2 Å². The van der Waals surface area contributed by atoms with E-state index in [1.165, 1.54) is 24.4 Å². The number of ether oxygens (including phenoxy) is 1. The summed E-state index contributed by atoms with van der Waals surface area (Å²) in [6.07, 6.45) is -7.50. The summed E-state index contributed by atoms with van der Waals surface area (Å²) in [5.41, 5.74) is 1.54. The highest BCUT2D eigenvalue weighted by Gasteiger charge is 2.36. The Bertz CT molecular complexity index is 1520. The van der Waals surface area contributed by atoms with Gasteiger partial charge in [-0.25, -0.2) is 24.7 Å². The average Bonchev–Trinajstić information content (AvgIpc) is 2.86. The van der Waals surface area contributed by atoms with Crippen molar-refractivity contribution in [2.24, 2.45) is 5.73 Å². The van der Waals surface area contributed by atoms with Crippen LogP contribution in [-0.4, -0.2) is 38.4 Å². The largest absolute Gasteiger partial charge is 0.451 e. The van der Waals surface area contributed by atoms with E-state index in [0.717, 1.165) is 18.2 Å². The number of halogens is 6. The zero-order chi connectivity index (χ0) is 27.7. The van der Waals surface area contributed by atoms with E-state index in [1.807, 2.05) is 0 Å². The number of nitrogens with one attached hydrogen (secondary N) is 1. The first kappa shape index (κ1) is 26.2. The summed E-state index contributed by atoms with van der Waals surface area (Å²) < 4.78 is 84.0. The Kier molecular flexibility index (Phi) is 6.85. The third-order valence-electron chi connectivity index (χ3n) is 4.95. The van der Waals surface area contributed by atoms with Gasteiger partial charge in [0.05, 0.1) is 22.5 Å². The molecule has 0 unspecified atom stereocenters. The van der Waals surface area contributed by atoms with Crippen LogP contribution in [0, 0.1) is 0 Å². The number of alkyl halides is 6. The third kappa shape index (κ3) is 5.77. The van der Waals surface area contributed by atoms with E-state index >= 15 is 0 Å². The van der Waals surface area contributed by atoms with Crippen LogP contribution >= 0.6 is 0 Å².